The van der Waals surface area contributed by atoms with Crippen LogP contribution in [0.25, 0.3) is 5.69 Å². The molecule has 0 bridgehead atoms. The molecule has 1 aromatic carbocycles. The van der Waals surface area contributed by atoms with E-state index in [0.29, 0.717) is 23.4 Å². The van der Waals surface area contributed by atoms with Crippen LogP contribution >= 0.6 is 0 Å². The quantitative estimate of drug-likeness (QED) is 0.838. The molecule has 1 amide bonds. The van der Waals surface area contributed by atoms with Gasteiger partial charge < -0.3 is 15.2 Å². The average Bonchev–Trinajstić information content (AvgIpc) is 2.88. The van der Waals surface area contributed by atoms with Crippen LogP contribution in [0.5, 0.6) is 5.75 Å². The van der Waals surface area contributed by atoms with Gasteiger partial charge in [0.2, 0.25) is 0 Å². The van der Waals surface area contributed by atoms with Gasteiger partial charge in [0.05, 0.1) is 19.4 Å². The number of benzene rings is 1. The van der Waals surface area contributed by atoms with E-state index in [0.717, 1.165) is 0 Å². The maximum absolute atomic E-state index is 12.0. The average molecular weight is 287 g/mol. The Hall–Kier alpha value is -2.83. The lowest BCUT2D eigenvalue weighted by atomic mass is 10.1. The molecule has 1 aliphatic heterocycles. The third kappa shape index (κ3) is 2.12. The molecule has 21 heavy (non-hydrogen) atoms. The SMILES string of the molecule is COc1ccc(-n2nc(C(N)=O)c3c2C(=O)OCC3)cc1. The molecule has 1 aliphatic rings. The lowest BCUT2D eigenvalue weighted by Gasteiger charge is -2.14. The summed E-state index contributed by atoms with van der Waals surface area (Å²) < 4.78 is 11.5. The number of carbonyl (C=O) groups excluding carboxylic acids is 2. The first-order chi connectivity index (χ1) is 10.1. The van der Waals surface area contributed by atoms with Crippen LogP contribution in [0.1, 0.15) is 26.5 Å². The fourth-order valence-corrected chi connectivity index (χ4v) is 2.32. The van der Waals surface area contributed by atoms with Gasteiger partial charge in [-0.2, -0.15) is 5.10 Å². The predicted molar refractivity (Wildman–Crippen MR) is 72.6 cm³/mol. The van der Waals surface area contributed by atoms with Crippen molar-refractivity contribution in [1.82, 2.24) is 9.78 Å². The van der Waals surface area contributed by atoms with Crippen molar-refractivity contribution in [1.29, 1.82) is 0 Å². The van der Waals surface area contributed by atoms with Gasteiger partial charge >= 0.3 is 5.97 Å². The van der Waals surface area contributed by atoms with E-state index in [-0.39, 0.29) is 18.0 Å². The van der Waals surface area contributed by atoms with Crippen molar-refractivity contribution >= 4 is 11.9 Å². The lowest BCUT2D eigenvalue weighted by Crippen LogP contribution is -2.21. The van der Waals surface area contributed by atoms with Crippen LogP contribution in [-0.2, 0) is 11.2 Å². The van der Waals surface area contributed by atoms with Crippen LogP contribution in [0.4, 0.5) is 0 Å². The number of hydrogen-bond acceptors (Lipinski definition) is 5. The van der Waals surface area contributed by atoms with Crippen molar-refractivity contribution in [2.45, 2.75) is 6.42 Å². The second-order valence-electron chi connectivity index (χ2n) is 4.54. The minimum atomic E-state index is -0.659. The zero-order chi connectivity index (χ0) is 15.0. The maximum atomic E-state index is 12.0. The van der Waals surface area contributed by atoms with E-state index in [2.05, 4.69) is 5.10 Å². The monoisotopic (exact) mass is 287 g/mol. The summed E-state index contributed by atoms with van der Waals surface area (Å²) in [4.78, 5) is 23.5. The molecule has 0 fully saturated rings. The van der Waals surface area contributed by atoms with Crippen LogP contribution in [0.2, 0.25) is 0 Å². The Labute approximate surface area is 120 Å². The molecule has 2 N–H and O–H groups in total. The number of amides is 1. The number of nitrogens with two attached hydrogens (primary N) is 1. The van der Waals surface area contributed by atoms with Gasteiger partial charge in [0, 0.05) is 12.0 Å². The zero-order valence-electron chi connectivity index (χ0n) is 11.3. The van der Waals surface area contributed by atoms with Gasteiger partial charge in [-0.15, -0.1) is 0 Å². The topological polar surface area (TPSA) is 96.4 Å². The highest BCUT2D eigenvalue weighted by Crippen LogP contribution is 2.24. The number of ether oxygens (including phenoxy) is 2. The van der Waals surface area contributed by atoms with Crippen molar-refractivity contribution in [3.8, 4) is 11.4 Å². The molecular formula is C14H13N3O4. The van der Waals surface area contributed by atoms with Gasteiger partial charge in [-0.3, -0.25) is 4.79 Å². The molecule has 0 unspecified atom stereocenters. The highest BCUT2D eigenvalue weighted by molar-refractivity contribution is 5.98. The van der Waals surface area contributed by atoms with Gasteiger partial charge in [0.25, 0.3) is 5.91 Å². The Kier molecular flexibility index (Phi) is 3.09. The zero-order valence-corrected chi connectivity index (χ0v) is 11.3. The van der Waals surface area contributed by atoms with Gasteiger partial charge in [-0.25, -0.2) is 9.48 Å². The largest absolute Gasteiger partial charge is 0.497 e. The molecule has 108 valence electrons. The van der Waals surface area contributed by atoms with Gasteiger partial charge in [-0.1, -0.05) is 0 Å². The second kappa shape index (κ2) is 4.93. The van der Waals surface area contributed by atoms with E-state index in [9.17, 15) is 9.59 Å². The van der Waals surface area contributed by atoms with E-state index in [1.165, 1.54) is 4.68 Å². The van der Waals surface area contributed by atoms with Crippen molar-refractivity contribution in [2.75, 3.05) is 13.7 Å². The first-order valence-electron chi connectivity index (χ1n) is 6.35. The molecule has 7 nitrogen and oxygen atoms in total. The number of methoxy groups -OCH3 is 1. The molecule has 0 saturated carbocycles. The number of aromatic nitrogens is 2. The fraction of sp³-hybridized carbons (Fsp3) is 0.214. The van der Waals surface area contributed by atoms with E-state index in [1.54, 1.807) is 31.4 Å². The van der Waals surface area contributed by atoms with Crippen LogP contribution in [0.15, 0.2) is 24.3 Å². The summed E-state index contributed by atoms with van der Waals surface area (Å²) >= 11 is 0. The molecule has 2 heterocycles. The van der Waals surface area contributed by atoms with Gasteiger partial charge in [0.15, 0.2) is 11.4 Å². The molecule has 0 spiro atoms. The summed E-state index contributed by atoms with van der Waals surface area (Å²) in [5.74, 6) is -0.488. The number of carbonyl (C=O) groups is 2. The maximum Gasteiger partial charge on any atom is 0.357 e. The molecule has 2 aromatic rings. The Morgan fingerprint density at radius 1 is 1.38 bits per heavy atom. The molecule has 1 aromatic heterocycles. The Morgan fingerprint density at radius 2 is 2.10 bits per heavy atom. The highest BCUT2D eigenvalue weighted by Gasteiger charge is 2.30. The van der Waals surface area contributed by atoms with Crippen LogP contribution in [0, 0.1) is 0 Å². The Bertz CT molecular complexity index is 719. The standard InChI is InChI=1S/C14H13N3O4/c1-20-9-4-2-8(3-5-9)17-12-10(6-7-21-14(12)19)11(16-17)13(15)18/h2-5H,6-7H2,1H3,(H2,15,18). The van der Waals surface area contributed by atoms with Crippen LogP contribution in [0.3, 0.4) is 0 Å². The summed E-state index contributed by atoms with van der Waals surface area (Å²) in [5.41, 5.74) is 6.85. The molecule has 7 heteroatoms. The molecule has 0 radical (unpaired) electrons. The highest BCUT2D eigenvalue weighted by atomic mass is 16.5. The summed E-state index contributed by atoms with van der Waals surface area (Å²) in [6.45, 7) is 0.223. The Balaban J connectivity index is 2.17. The third-order valence-corrected chi connectivity index (χ3v) is 3.31. The van der Waals surface area contributed by atoms with E-state index >= 15 is 0 Å². The number of esters is 1. The first-order valence-corrected chi connectivity index (χ1v) is 6.35. The van der Waals surface area contributed by atoms with E-state index in [4.69, 9.17) is 15.2 Å². The third-order valence-electron chi connectivity index (χ3n) is 3.31. The van der Waals surface area contributed by atoms with Crippen molar-refractivity contribution in [3.63, 3.8) is 0 Å². The van der Waals surface area contributed by atoms with Crippen molar-refractivity contribution < 1.29 is 19.1 Å². The van der Waals surface area contributed by atoms with E-state index < -0.39 is 11.9 Å². The van der Waals surface area contributed by atoms with Crippen LogP contribution < -0.4 is 10.5 Å². The summed E-state index contributed by atoms with van der Waals surface area (Å²) in [7, 11) is 1.56. The number of primary amides is 1. The number of fused-ring (bicyclic) bond motifs is 1. The molecular weight excluding hydrogens is 274 g/mol. The summed E-state index contributed by atoms with van der Waals surface area (Å²) in [6, 6.07) is 6.94. The smallest absolute Gasteiger partial charge is 0.357 e. The minimum Gasteiger partial charge on any atom is -0.497 e. The predicted octanol–water partition coefficient (Wildman–Crippen LogP) is 0.693. The normalized spacial score (nSPS) is 13.5. The second-order valence-corrected chi connectivity index (χ2v) is 4.54. The van der Waals surface area contributed by atoms with Gasteiger partial charge in [-0.05, 0) is 24.3 Å². The van der Waals surface area contributed by atoms with E-state index in [1.807, 2.05) is 0 Å². The number of rotatable bonds is 3. The van der Waals surface area contributed by atoms with Crippen LogP contribution in [-0.4, -0.2) is 35.4 Å². The molecule has 0 atom stereocenters. The van der Waals surface area contributed by atoms with Crippen molar-refractivity contribution in [2.24, 2.45) is 5.73 Å². The Morgan fingerprint density at radius 3 is 2.71 bits per heavy atom. The number of hydrogen-bond donors (Lipinski definition) is 1. The number of nitrogens with zero attached hydrogens (tertiary/aromatic N) is 2. The van der Waals surface area contributed by atoms with Crippen molar-refractivity contribution in [3.05, 3.63) is 41.2 Å². The minimum absolute atomic E-state index is 0.109. The molecule has 0 aliphatic carbocycles. The lowest BCUT2D eigenvalue weighted by molar-refractivity contribution is 0.0469. The first kappa shape index (κ1) is 13.2. The summed E-state index contributed by atoms with van der Waals surface area (Å²) in [6.07, 6.45) is 0.426. The molecule has 0 saturated heterocycles. The summed E-state index contributed by atoms with van der Waals surface area (Å²) in [5, 5.41) is 4.17. The number of cyclic esters (lactones) is 1. The molecule has 3 rings (SSSR count). The fourth-order valence-electron chi connectivity index (χ4n) is 2.32. The van der Waals surface area contributed by atoms with Gasteiger partial charge in [0.1, 0.15) is 5.75 Å².